The normalized spacial score (nSPS) is 16.6. The molecule has 0 saturated carbocycles. The predicted octanol–water partition coefficient (Wildman–Crippen LogP) is 1.12. The number of imidazole rings is 1. The van der Waals surface area contributed by atoms with Gasteiger partial charge in [0, 0.05) is 25.9 Å². The van der Waals surface area contributed by atoms with E-state index in [1.807, 2.05) is 18.7 Å². The van der Waals surface area contributed by atoms with Crippen LogP contribution in [0.3, 0.4) is 0 Å². The van der Waals surface area contributed by atoms with Gasteiger partial charge in [0.05, 0.1) is 24.8 Å². The van der Waals surface area contributed by atoms with Gasteiger partial charge in [0.25, 0.3) is 0 Å². The first-order chi connectivity index (χ1) is 8.54. The number of carbonyl (C=O) groups excluding carboxylic acids is 1. The Morgan fingerprint density at radius 1 is 1.44 bits per heavy atom. The third-order valence-electron chi connectivity index (χ3n) is 3.61. The minimum atomic E-state index is -0.0845. The standard InChI is InChI=1S/C13H21N3O2/c1-9(8-18-4)13(17)15-5-6-16-11(3)10(2)14-12(16)7-15/h9H,5-8H2,1-4H3. The zero-order valence-corrected chi connectivity index (χ0v) is 11.6. The Morgan fingerprint density at radius 3 is 2.83 bits per heavy atom. The summed E-state index contributed by atoms with van der Waals surface area (Å²) in [4.78, 5) is 18.6. The molecule has 0 saturated heterocycles. The van der Waals surface area contributed by atoms with Gasteiger partial charge in [0.2, 0.25) is 5.91 Å². The van der Waals surface area contributed by atoms with E-state index < -0.39 is 0 Å². The molecule has 0 aromatic carbocycles. The van der Waals surface area contributed by atoms with Crippen LogP contribution in [-0.4, -0.2) is 40.6 Å². The molecule has 0 spiro atoms. The van der Waals surface area contributed by atoms with Gasteiger partial charge in [-0.1, -0.05) is 6.92 Å². The summed E-state index contributed by atoms with van der Waals surface area (Å²) in [6.45, 7) is 8.69. The van der Waals surface area contributed by atoms with Gasteiger partial charge in [0.1, 0.15) is 5.82 Å². The summed E-state index contributed by atoms with van der Waals surface area (Å²) in [6, 6.07) is 0. The third-order valence-corrected chi connectivity index (χ3v) is 3.61. The van der Waals surface area contributed by atoms with Crippen LogP contribution in [0.2, 0.25) is 0 Å². The summed E-state index contributed by atoms with van der Waals surface area (Å²) in [5.41, 5.74) is 2.27. The number of carbonyl (C=O) groups is 1. The number of amides is 1. The predicted molar refractivity (Wildman–Crippen MR) is 68.2 cm³/mol. The van der Waals surface area contributed by atoms with E-state index in [2.05, 4.69) is 16.5 Å². The second kappa shape index (κ2) is 5.10. The smallest absolute Gasteiger partial charge is 0.228 e. The molecule has 0 N–H and O–H groups in total. The number of rotatable bonds is 3. The maximum absolute atomic E-state index is 12.2. The summed E-state index contributed by atoms with van der Waals surface area (Å²) in [5.74, 6) is 1.06. The van der Waals surface area contributed by atoms with E-state index >= 15 is 0 Å². The van der Waals surface area contributed by atoms with Gasteiger partial charge in [-0.25, -0.2) is 4.98 Å². The fourth-order valence-electron chi connectivity index (χ4n) is 2.43. The van der Waals surface area contributed by atoms with Crippen LogP contribution in [-0.2, 0) is 22.6 Å². The molecule has 5 nitrogen and oxygen atoms in total. The molecule has 1 aromatic rings. The van der Waals surface area contributed by atoms with E-state index in [0.717, 1.165) is 24.6 Å². The number of aryl methyl sites for hydroxylation is 1. The van der Waals surface area contributed by atoms with Crippen molar-refractivity contribution in [3.05, 3.63) is 17.2 Å². The highest BCUT2D eigenvalue weighted by Gasteiger charge is 2.26. The summed E-state index contributed by atoms with van der Waals surface area (Å²) in [7, 11) is 1.62. The molecule has 2 rings (SSSR count). The molecule has 1 amide bonds. The Bertz CT molecular complexity index is 453. The molecule has 1 aliphatic rings. The largest absolute Gasteiger partial charge is 0.384 e. The number of ether oxygens (including phenoxy) is 1. The molecular weight excluding hydrogens is 230 g/mol. The van der Waals surface area contributed by atoms with Crippen LogP contribution in [0.15, 0.2) is 0 Å². The second-order valence-electron chi connectivity index (χ2n) is 4.97. The SMILES string of the molecule is COCC(C)C(=O)N1CCn2c(nc(C)c2C)C1. The van der Waals surface area contributed by atoms with Gasteiger partial charge in [-0.3, -0.25) is 4.79 Å². The lowest BCUT2D eigenvalue weighted by atomic mass is 10.1. The van der Waals surface area contributed by atoms with Crippen molar-refractivity contribution >= 4 is 5.91 Å². The molecule has 1 aromatic heterocycles. The quantitative estimate of drug-likeness (QED) is 0.809. The Hall–Kier alpha value is -1.36. The Morgan fingerprint density at radius 2 is 2.17 bits per heavy atom. The van der Waals surface area contributed by atoms with Gasteiger partial charge < -0.3 is 14.2 Å². The van der Waals surface area contributed by atoms with Crippen molar-refractivity contribution in [3.8, 4) is 0 Å². The van der Waals surface area contributed by atoms with Crippen molar-refractivity contribution in [3.63, 3.8) is 0 Å². The molecule has 18 heavy (non-hydrogen) atoms. The first kappa shape index (κ1) is 13.1. The summed E-state index contributed by atoms with van der Waals surface area (Å²) < 4.78 is 7.25. The van der Waals surface area contributed by atoms with Gasteiger partial charge >= 0.3 is 0 Å². The molecule has 1 atom stereocenters. The van der Waals surface area contributed by atoms with Crippen molar-refractivity contribution in [2.75, 3.05) is 20.3 Å². The Kier molecular flexibility index (Phi) is 3.71. The van der Waals surface area contributed by atoms with Crippen molar-refractivity contribution in [2.45, 2.75) is 33.9 Å². The monoisotopic (exact) mass is 251 g/mol. The highest BCUT2D eigenvalue weighted by atomic mass is 16.5. The molecule has 0 radical (unpaired) electrons. The van der Waals surface area contributed by atoms with Crippen LogP contribution in [0.5, 0.6) is 0 Å². The molecule has 1 aliphatic heterocycles. The fraction of sp³-hybridized carbons (Fsp3) is 0.692. The number of methoxy groups -OCH3 is 1. The first-order valence-electron chi connectivity index (χ1n) is 6.35. The van der Waals surface area contributed by atoms with E-state index in [1.54, 1.807) is 7.11 Å². The second-order valence-corrected chi connectivity index (χ2v) is 4.97. The number of nitrogens with zero attached hydrogens (tertiary/aromatic N) is 3. The van der Waals surface area contributed by atoms with Crippen LogP contribution in [0.25, 0.3) is 0 Å². The lowest BCUT2D eigenvalue weighted by Gasteiger charge is -2.30. The zero-order chi connectivity index (χ0) is 13.3. The fourth-order valence-corrected chi connectivity index (χ4v) is 2.43. The molecule has 0 aliphatic carbocycles. The van der Waals surface area contributed by atoms with E-state index in [9.17, 15) is 4.79 Å². The maximum Gasteiger partial charge on any atom is 0.228 e. The van der Waals surface area contributed by atoms with Crippen molar-refractivity contribution in [1.29, 1.82) is 0 Å². The van der Waals surface area contributed by atoms with E-state index in [1.165, 1.54) is 5.69 Å². The highest BCUT2D eigenvalue weighted by molar-refractivity contribution is 5.78. The van der Waals surface area contributed by atoms with Crippen LogP contribution < -0.4 is 0 Å². The minimum absolute atomic E-state index is 0.0845. The average molecular weight is 251 g/mol. The molecular formula is C13H21N3O2. The van der Waals surface area contributed by atoms with Gasteiger partial charge in [-0.2, -0.15) is 0 Å². The Balaban J connectivity index is 2.10. The average Bonchev–Trinajstić information content (AvgIpc) is 2.64. The molecule has 2 heterocycles. The van der Waals surface area contributed by atoms with Gasteiger partial charge in [-0.05, 0) is 13.8 Å². The van der Waals surface area contributed by atoms with Crippen LogP contribution in [0.4, 0.5) is 0 Å². The van der Waals surface area contributed by atoms with Crippen LogP contribution in [0, 0.1) is 19.8 Å². The van der Waals surface area contributed by atoms with E-state index in [-0.39, 0.29) is 11.8 Å². The number of fused-ring (bicyclic) bond motifs is 1. The lowest BCUT2D eigenvalue weighted by Crippen LogP contribution is -2.42. The summed E-state index contributed by atoms with van der Waals surface area (Å²) in [6.07, 6.45) is 0. The molecule has 5 heteroatoms. The molecule has 0 bridgehead atoms. The highest BCUT2D eigenvalue weighted by Crippen LogP contribution is 2.18. The summed E-state index contributed by atoms with van der Waals surface area (Å²) >= 11 is 0. The van der Waals surface area contributed by atoms with Crippen molar-refractivity contribution in [1.82, 2.24) is 14.5 Å². The van der Waals surface area contributed by atoms with Crippen LogP contribution in [0.1, 0.15) is 24.1 Å². The minimum Gasteiger partial charge on any atom is -0.384 e. The zero-order valence-electron chi connectivity index (χ0n) is 11.6. The molecule has 1 unspecified atom stereocenters. The topological polar surface area (TPSA) is 47.4 Å². The van der Waals surface area contributed by atoms with E-state index in [0.29, 0.717) is 13.2 Å². The van der Waals surface area contributed by atoms with Crippen LogP contribution >= 0.6 is 0 Å². The van der Waals surface area contributed by atoms with Gasteiger partial charge in [-0.15, -0.1) is 0 Å². The van der Waals surface area contributed by atoms with Crippen molar-refractivity contribution < 1.29 is 9.53 Å². The lowest BCUT2D eigenvalue weighted by molar-refractivity contribution is -0.138. The first-order valence-corrected chi connectivity index (χ1v) is 6.35. The third kappa shape index (κ3) is 2.27. The van der Waals surface area contributed by atoms with Gasteiger partial charge in [0.15, 0.2) is 0 Å². The van der Waals surface area contributed by atoms with Crippen molar-refractivity contribution in [2.24, 2.45) is 5.92 Å². The molecule has 100 valence electrons. The maximum atomic E-state index is 12.2. The summed E-state index contributed by atoms with van der Waals surface area (Å²) in [5, 5.41) is 0. The number of hydrogen-bond donors (Lipinski definition) is 0. The molecule has 0 fully saturated rings. The Labute approximate surface area is 108 Å². The van der Waals surface area contributed by atoms with E-state index in [4.69, 9.17) is 4.74 Å². The number of hydrogen-bond acceptors (Lipinski definition) is 3. The number of aromatic nitrogens is 2.